The molecule has 1 heterocycles. The minimum Gasteiger partial charge on any atom is -0.330 e. The average Bonchev–Trinajstić information content (AvgIpc) is 2.22. The Balaban J connectivity index is 2.68. The molecule has 1 amide bonds. The van der Waals surface area contributed by atoms with Gasteiger partial charge in [0.05, 0.1) is 13.1 Å². The Kier molecular flexibility index (Phi) is 2.99. The van der Waals surface area contributed by atoms with E-state index in [2.05, 4.69) is 12.6 Å². The highest BCUT2D eigenvalue weighted by atomic mass is 32.1. The van der Waals surface area contributed by atoms with Crippen molar-refractivity contribution in [1.82, 2.24) is 4.90 Å². The summed E-state index contributed by atoms with van der Waals surface area (Å²) < 4.78 is 50.4. The minimum atomic E-state index is -4.11. The third-order valence-corrected chi connectivity index (χ3v) is 2.22. The van der Waals surface area contributed by atoms with Gasteiger partial charge >= 0.3 is 11.8 Å². The maximum Gasteiger partial charge on any atom is 0.329 e. The van der Waals surface area contributed by atoms with Crippen molar-refractivity contribution < 1.29 is 22.4 Å². The van der Waals surface area contributed by atoms with Gasteiger partial charge in [0.1, 0.15) is 0 Å². The highest BCUT2D eigenvalue weighted by molar-refractivity contribution is 7.80. The molecule has 1 rings (SSSR count). The van der Waals surface area contributed by atoms with Crippen LogP contribution >= 0.6 is 12.6 Å². The minimum absolute atomic E-state index is 0.102. The molecule has 1 aliphatic rings. The fraction of sp³-hybridized carbons (Fsp3) is 0.857. The summed E-state index contributed by atoms with van der Waals surface area (Å²) in [5.41, 5.74) is 0. The van der Waals surface area contributed by atoms with Crippen LogP contribution in [0.4, 0.5) is 17.6 Å². The monoisotopic (exact) mass is 231 g/mol. The standard InChI is InChI=1S/C7H9F4NOS/c8-6(9)3-12(4-7(6,10)11)5(13)1-2-14/h14H,1-4H2. The molecule has 0 N–H and O–H groups in total. The SMILES string of the molecule is O=C(CCS)N1CC(F)(F)C(F)(F)C1. The van der Waals surface area contributed by atoms with Gasteiger partial charge in [-0.2, -0.15) is 30.2 Å². The lowest BCUT2D eigenvalue weighted by Crippen LogP contribution is -2.38. The zero-order valence-electron chi connectivity index (χ0n) is 7.14. The summed E-state index contributed by atoms with van der Waals surface area (Å²) in [6, 6.07) is 0. The van der Waals surface area contributed by atoms with E-state index in [4.69, 9.17) is 0 Å². The summed E-state index contributed by atoms with van der Waals surface area (Å²) in [5.74, 6) is -8.78. The van der Waals surface area contributed by atoms with Gasteiger partial charge in [-0.1, -0.05) is 0 Å². The van der Waals surface area contributed by atoms with Gasteiger partial charge in [-0.05, 0) is 5.75 Å². The van der Waals surface area contributed by atoms with Crippen molar-refractivity contribution in [3.63, 3.8) is 0 Å². The second-order valence-electron chi connectivity index (χ2n) is 3.13. The molecule has 0 aromatic heterocycles. The van der Waals surface area contributed by atoms with E-state index in [-0.39, 0.29) is 12.2 Å². The maximum atomic E-state index is 12.6. The number of nitrogens with zero attached hydrogens (tertiary/aromatic N) is 1. The van der Waals surface area contributed by atoms with Gasteiger partial charge in [-0.3, -0.25) is 4.79 Å². The fourth-order valence-electron chi connectivity index (χ4n) is 1.20. The van der Waals surface area contributed by atoms with E-state index in [1.54, 1.807) is 0 Å². The molecule has 0 unspecified atom stereocenters. The van der Waals surface area contributed by atoms with Gasteiger partial charge in [0.25, 0.3) is 0 Å². The molecule has 1 fully saturated rings. The number of amides is 1. The van der Waals surface area contributed by atoms with Crippen molar-refractivity contribution in [1.29, 1.82) is 0 Å². The molecule has 2 nitrogen and oxygen atoms in total. The molecule has 0 atom stereocenters. The second-order valence-corrected chi connectivity index (χ2v) is 3.58. The quantitative estimate of drug-likeness (QED) is 0.563. The number of thiol groups is 1. The molecular weight excluding hydrogens is 222 g/mol. The van der Waals surface area contributed by atoms with Crippen molar-refractivity contribution in [2.45, 2.75) is 18.3 Å². The highest BCUT2D eigenvalue weighted by Gasteiger charge is 2.63. The molecule has 0 saturated carbocycles. The van der Waals surface area contributed by atoms with Crippen molar-refractivity contribution in [3.05, 3.63) is 0 Å². The van der Waals surface area contributed by atoms with Crippen LogP contribution in [-0.2, 0) is 4.79 Å². The number of carbonyl (C=O) groups excluding carboxylic acids is 1. The number of halogens is 4. The predicted octanol–water partition coefficient (Wildman–Crippen LogP) is 1.42. The molecule has 7 heteroatoms. The molecule has 0 aromatic rings. The molecule has 0 bridgehead atoms. The lowest BCUT2D eigenvalue weighted by Gasteiger charge is -2.14. The first-order valence-corrected chi connectivity index (χ1v) is 4.58. The zero-order valence-corrected chi connectivity index (χ0v) is 8.04. The Labute approximate surface area is 83.7 Å². The third-order valence-electron chi connectivity index (χ3n) is 1.99. The van der Waals surface area contributed by atoms with Gasteiger partial charge in [0.2, 0.25) is 5.91 Å². The molecule has 0 spiro atoms. The summed E-state index contributed by atoms with van der Waals surface area (Å²) in [7, 11) is 0. The van der Waals surface area contributed by atoms with E-state index in [0.29, 0.717) is 4.90 Å². The lowest BCUT2D eigenvalue weighted by molar-refractivity contribution is -0.172. The van der Waals surface area contributed by atoms with Gasteiger partial charge in [-0.25, -0.2) is 0 Å². The van der Waals surface area contributed by atoms with Crippen LogP contribution in [0.3, 0.4) is 0 Å². The number of hydrogen-bond donors (Lipinski definition) is 1. The van der Waals surface area contributed by atoms with Crippen LogP contribution in [-0.4, -0.2) is 41.5 Å². The van der Waals surface area contributed by atoms with Gasteiger partial charge in [-0.15, -0.1) is 0 Å². The van der Waals surface area contributed by atoms with E-state index in [9.17, 15) is 22.4 Å². The van der Waals surface area contributed by atoms with Gasteiger partial charge < -0.3 is 4.90 Å². The van der Waals surface area contributed by atoms with Gasteiger partial charge in [0.15, 0.2) is 0 Å². The van der Waals surface area contributed by atoms with Crippen LogP contribution in [0.5, 0.6) is 0 Å². The van der Waals surface area contributed by atoms with Crippen LogP contribution in [0, 0.1) is 0 Å². The number of carbonyl (C=O) groups is 1. The van der Waals surface area contributed by atoms with E-state index < -0.39 is 30.8 Å². The number of likely N-dealkylation sites (tertiary alicyclic amines) is 1. The van der Waals surface area contributed by atoms with Gasteiger partial charge in [0, 0.05) is 6.42 Å². The molecule has 1 aliphatic heterocycles. The molecule has 0 radical (unpaired) electrons. The van der Waals surface area contributed by atoms with Crippen LogP contribution in [0.25, 0.3) is 0 Å². The summed E-state index contributed by atoms with van der Waals surface area (Å²) in [4.78, 5) is 11.5. The van der Waals surface area contributed by atoms with Crippen LogP contribution in [0.1, 0.15) is 6.42 Å². The zero-order chi connectivity index (χ0) is 11.0. The molecule has 0 aliphatic carbocycles. The smallest absolute Gasteiger partial charge is 0.329 e. The molecule has 0 aromatic carbocycles. The third kappa shape index (κ3) is 1.97. The van der Waals surface area contributed by atoms with Crippen molar-refractivity contribution in [2.24, 2.45) is 0 Å². The summed E-state index contributed by atoms with van der Waals surface area (Å²) >= 11 is 3.72. The Bertz CT molecular complexity index is 230. The molecular formula is C7H9F4NOS. The molecule has 82 valence electrons. The summed E-state index contributed by atoms with van der Waals surface area (Å²) in [5, 5.41) is 0. The van der Waals surface area contributed by atoms with E-state index in [0.717, 1.165) is 0 Å². The first-order chi connectivity index (χ1) is 6.30. The van der Waals surface area contributed by atoms with Crippen LogP contribution in [0.2, 0.25) is 0 Å². The van der Waals surface area contributed by atoms with E-state index in [1.165, 1.54) is 0 Å². The topological polar surface area (TPSA) is 20.3 Å². The molecule has 1 saturated heterocycles. The molecule has 14 heavy (non-hydrogen) atoms. The summed E-state index contributed by atoms with van der Waals surface area (Å²) in [6.07, 6.45) is -0.102. The highest BCUT2D eigenvalue weighted by Crippen LogP contribution is 2.40. The number of alkyl halides is 4. The first kappa shape index (κ1) is 11.6. The largest absolute Gasteiger partial charge is 0.330 e. The normalized spacial score (nSPS) is 23.9. The van der Waals surface area contributed by atoms with Crippen LogP contribution in [0.15, 0.2) is 0 Å². The second kappa shape index (κ2) is 3.60. The van der Waals surface area contributed by atoms with Crippen molar-refractivity contribution in [3.8, 4) is 0 Å². The fourth-order valence-corrected chi connectivity index (χ4v) is 1.39. The Morgan fingerprint density at radius 2 is 1.64 bits per heavy atom. The van der Waals surface area contributed by atoms with Crippen molar-refractivity contribution >= 4 is 18.5 Å². The number of hydrogen-bond acceptors (Lipinski definition) is 2. The van der Waals surface area contributed by atoms with E-state index >= 15 is 0 Å². The Morgan fingerprint density at radius 3 is 2.00 bits per heavy atom. The maximum absolute atomic E-state index is 12.6. The summed E-state index contributed by atoms with van der Waals surface area (Å²) in [6.45, 7) is -2.40. The van der Waals surface area contributed by atoms with E-state index in [1.807, 2.05) is 0 Å². The predicted molar refractivity (Wildman–Crippen MR) is 44.9 cm³/mol. The Hall–Kier alpha value is -0.460. The Morgan fingerprint density at radius 1 is 1.21 bits per heavy atom. The van der Waals surface area contributed by atoms with Crippen molar-refractivity contribution in [2.75, 3.05) is 18.8 Å². The number of rotatable bonds is 2. The average molecular weight is 231 g/mol. The first-order valence-electron chi connectivity index (χ1n) is 3.94. The lowest BCUT2D eigenvalue weighted by atomic mass is 10.2. The van der Waals surface area contributed by atoms with Crippen LogP contribution < -0.4 is 0 Å².